The Morgan fingerprint density at radius 1 is 0.576 bits per heavy atom. The van der Waals surface area contributed by atoms with Gasteiger partial charge in [0.25, 0.3) is 0 Å². The first-order valence-electron chi connectivity index (χ1n) is 10.8. The quantitative estimate of drug-likeness (QED) is 0.249. The van der Waals surface area contributed by atoms with E-state index in [2.05, 4.69) is 6.08 Å². The predicted octanol–water partition coefficient (Wildman–Crippen LogP) is 6.47. The average Bonchev–Trinajstić information content (AvgIpc) is 2.82. The topological polar surface area (TPSA) is 80.9 Å². The number of aromatic hydroxyl groups is 4. The minimum atomic E-state index is 0.104. The molecule has 33 heavy (non-hydrogen) atoms. The molecule has 0 aromatic heterocycles. The first-order chi connectivity index (χ1) is 16.0. The lowest BCUT2D eigenvalue weighted by Gasteiger charge is -2.21. The Kier molecular flexibility index (Phi) is 6.65. The fourth-order valence-electron chi connectivity index (χ4n) is 3.94. The highest BCUT2D eigenvalue weighted by atomic mass is 16.3. The number of phenols is 4. The van der Waals surface area contributed by atoms with Crippen molar-refractivity contribution in [2.24, 2.45) is 0 Å². The Labute approximate surface area is 193 Å². The minimum Gasteiger partial charge on any atom is -0.508 e. The van der Waals surface area contributed by atoms with Crippen molar-refractivity contribution in [3.05, 3.63) is 119 Å². The highest BCUT2D eigenvalue weighted by molar-refractivity contribution is 5.82. The van der Waals surface area contributed by atoms with Gasteiger partial charge in [-0.25, -0.2) is 0 Å². The lowest BCUT2D eigenvalue weighted by atomic mass is 9.84. The molecular weight excluding hydrogens is 412 g/mol. The molecule has 0 saturated heterocycles. The molecular formula is C29H26O4. The fourth-order valence-corrected chi connectivity index (χ4v) is 3.94. The van der Waals surface area contributed by atoms with Crippen LogP contribution >= 0.6 is 0 Å². The van der Waals surface area contributed by atoms with Gasteiger partial charge in [-0.05, 0) is 95.1 Å². The van der Waals surface area contributed by atoms with E-state index in [1.807, 2.05) is 48.5 Å². The summed E-state index contributed by atoms with van der Waals surface area (Å²) in [6.07, 6.45) is 3.55. The van der Waals surface area contributed by atoms with Crippen LogP contribution in [0.4, 0.5) is 0 Å². The van der Waals surface area contributed by atoms with Crippen molar-refractivity contribution >= 4 is 11.6 Å². The van der Waals surface area contributed by atoms with Crippen LogP contribution in [0.3, 0.4) is 0 Å². The fraction of sp³-hybridized carbons (Fsp3) is 0.103. The van der Waals surface area contributed by atoms with Gasteiger partial charge in [-0.3, -0.25) is 0 Å². The van der Waals surface area contributed by atoms with Crippen molar-refractivity contribution in [1.82, 2.24) is 0 Å². The maximum atomic E-state index is 9.78. The van der Waals surface area contributed by atoms with E-state index in [0.717, 1.165) is 34.2 Å². The smallest absolute Gasteiger partial charge is 0.115 e. The van der Waals surface area contributed by atoms with E-state index in [0.29, 0.717) is 6.42 Å². The summed E-state index contributed by atoms with van der Waals surface area (Å²) < 4.78 is 0. The van der Waals surface area contributed by atoms with Crippen molar-refractivity contribution < 1.29 is 20.4 Å². The Balaban J connectivity index is 1.73. The van der Waals surface area contributed by atoms with E-state index < -0.39 is 0 Å². The number of hydrogen-bond donors (Lipinski definition) is 4. The summed E-state index contributed by atoms with van der Waals surface area (Å²) in [7, 11) is 0. The molecule has 4 aromatic rings. The van der Waals surface area contributed by atoms with E-state index in [1.165, 1.54) is 0 Å². The van der Waals surface area contributed by atoms with Crippen molar-refractivity contribution in [1.29, 1.82) is 0 Å². The van der Waals surface area contributed by atoms with Crippen LogP contribution < -0.4 is 0 Å². The Bertz CT molecular complexity index is 1210. The maximum Gasteiger partial charge on any atom is 0.115 e. The van der Waals surface area contributed by atoms with Crippen molar-refractivity contribution in [3.63, 3.8) is 0 Å². The molecule has 0 radical (unpaired) electrons. The molecule has 1 atom stereocenters. The third-order valence-electron chi connectivity index (χ3n) is 5.72. The van der Waals surface area contributed by atoms with Crippen molar-refractivity contribution in [3.8, 4) is 23.0 Å². The molecule has 0 aliphatic rings. The molecule has 4 N–H and O–H groups in total. The highest BCUT2D eigenvalue weighted by Crippen LogP contribution is 2.35. The second kappa shape index (κ2) is 9.96. The second-order valence-corrected chi connectivity index (χ2v) is 8.17. The van der Waals surface area contributed by atoms with Crippen molar-refractivity contribution in [2.45, 2.75) is 18.8 Å². The van der Waals surface area contributed by atoms with Crippen LogP contribution in [0.1, 0.15) is 34.6 Å². The third kappa shape index (κ3) is 5.95. The first-order valence-corrected chi connectivity index (χ1v) is 10.8. The van der Waals surface area contributed by atoms with Gasteiger partial charge in [-0.15, -0.1) is 0 Å². The number of hydrogen-bond acceptors (Lipinski definition) is 4. The molecule has 0 saturated carbocycles. The van der Waals surface area contributed by atoms with Gasteiger partial charge in [0.2, 0.25) is 0 Å². The SMILES string of the molecule is Oc1ccc(C=C(CC(Cc2ccc(O)cc2)c2ccc(O)cc2)c2ccc(O)cc2)cc1. The predicted molar refractivity (Wildman–Crippen MR) is 131 cm³/mol. The Hall–Kier alpha value is -4.18. The molecule has 4 aromatic carbocycles. The number of allylic oxidation sites excluding steroid dienone is 1. The van der Waals surface area contributed by atoms with E-state index in [9.17, 15) is 20.4 Å². The summed E-state index contributed by atoms with van der Waals surface area (Å²) in [5.74, 6) is 0.985. The van der Waals surface area contributed by atoms with Crippen LogP contribution in [0.2, 0.25) is 0 Å². The van der Waals surface area contributed by atoms with Gasteiger partial charge in [-0.1, -0.05) is 54.6 Å². The summed E-state index contributed by atoms with van der Waals surface area (Å²) in [4.78, 5) is 0. The zero-order chi connectivity index (χ0) is 23.2. The molecule has 0 bridgehead atoms. The largest absolute Gasteiger partial charge is 0.508 e. The maximum absolute atomic E-state index is 9.78. The molecule has 0 heterocycles. The van der Waals surface area contributed by atoms with Gasteiger partial charge < -0.3 is 20.4 Å². The normalized spacial score (nSPS) is 12.4. The lowest BCUT2D eigenvalue weighted by Crippen LogP contribution is -2.05. The van der Waals surface area contributed by atoms with Crippen LogP contribution in [-0.4, -0.2) is 20.4 Å². The molecule has 4 rings (SSSR count). The average molecular weight is 439 g/mol. The van der Waals surface area contributed by atoms with Crippen molar-refractivity contribution in [2.75, 3.05) is 0 Å². The molecule has 166 valence electrons. The molecule has 0 aliphatic heterocycles. The van der Waals surface area contributed by atoms with E-state index >= 15 is 0 Å². The standard InChI is InChI=1S/C29H26O4/c30-26-9-1-20(2-10-26)17-24(22-5-13-28(32)14-6-22)19-25(23-7-15-29(33)16-8-23)18-21-3-11-27(31)12-4-21/h1-17,25,30-33H,18-19H2. The summed E-state index contributed by atoms with van der Waals surface area (Å²) >= 11 is 0. The molecule has 0 amide bonds. The zero-order valence-corrected chi connectivity index (χ0v) is 18.1. The molecule has 0 fully saturated rings. The Morgan fingerprint density at radius 3 is 1.58 bits per heavy atom. The van der Waals surface area contributed by atoms with Crippen LogP contribution in [0.25, 0.3) is 11.6 Å². The van der Waals surface area contributed by atoms with E-state index in [1.54, 1.807) is 48.5 Å². The molecule has 4 nitrogen and oxygen atoms in total. The van der Waals surface area contributed by atoms with Gasteiger partial charge in [0, 0.05) is 0 Å². The summed E-state index contributed by atoms with van der Waals surface area (Å²) in [5.41, 5.74) is 5.23. The minimum absolute atomic E-state index is 0.104. The summed E-state index contributed by atoms with van der Waals surface area (Å²) in [5, 5.41) is 38.9. The van der Waals surface area contributed by atoms with Gasteiger partial charge in [0.05, 0.1) is 0 Å². The van der Waals surface area contributed by atoms with Crippen LogP contribution in [0, 0.1) is 0 Å². The van der Waals surface area contributed by atoms with Gasteiger partial charge in [-0.2, -0.15) is 0 Å². The van der Waals surface area contributed by atoms with Crippen LogP contribution in [-0.2, 0) is 6.42 Å². The van der Waals surface area contributed by atoms with Gasteiger partial charge in [0.15, 0.2) is 0 Å². The Morgan fingerprint density at radius 2 is 1.03 bits per heavy atom. The summed E-state index contributed by atoms with van der Waals surface area (Å²) in [6.45, 7) is 0. The second-order valence-electron chi connectivity index (χ2n) is 8.17. The van der Waals surface area contributed by atoms with Gasteiger partial charge >= 0.3 is 0 Å². The van der Waals surface area contributed by atoms with E-state index in [-0.39, 0.29) is 28.9 Å². The van der Waals surface area contributed by atoms with Crippen LogP contribution in [0.15, 0.2) is 97.1 Å². The number of rotatable bonds is 7. The monoisotopic (exact) mass is 438 g/mol. The van der Waals surface area contributed by atoms with Gasteiger partial charge in [0.1, 0.15) is 23.0 Å². The van der Waals surface area contributed by atoms with Crippen LogP contribution in [0.5, 0.6) is 23.0 Å². The highest BCUT2D eigenvalue weighted by Gasteiger charge is 2.17. The first kappa shape index (κ1) is 22.0. The van der Waals surface area contributed by atoms with E-state index in [4.69, 9.17) is 0 Å². The lowest BCUT2D eigenvalue weighted by molar-refractivity contribution is 0.474. The molecule has 0 spiro atoms. The third-order valence-corrected chi connectivity index (χ3v) is 5.72. The molecule has 1 unspecified atom stereocenters. The summed E-state index contributed by atoms with van der Waals surface area (Å²) in [6, 6.07) is 28.7. The molecule has 0 aliphatic carbocycles. The molecule has 4 heteroatoms. The number of phenolic OH excluding ortho intramolecular Hbond substituents is 4. The number of benzene rings is 4. The zero-order valence-electron chi connectivity index (χ0n) is 18.1.